The van der Waals surface area contributed by atoms with E-state index in [0.717, 1.165) is 3.93 Å². The first kappa shape index (κ1) is 13.1. The summed E-state index contributed by atoms with van der Waals surface area (Å²) in [6, 6.07) is 11.3. The molecule has 84 valence electrons. The van der Waals surface area contributed by atoms with Gasteiger partial charge in [-0.3, -0.25) is 0 Å². The predicted octanol–water partition coefficient (Wildman–Crippen LogP) is 4.18. The Bertz CT molecular complexity index is 279. The third-order valence-corrected chi connectivity index (χ3v) is 19.7. The molecule has 0 nitrogen and oxygen atoms in total. The quantitative estimate of drug-likeness (QED) is 0.716. The molecule has 0 N–H and O–H groups in total. The zero-order chi connectivity index (χ0) is 11.3. The molecule has 15 heavy (non-hydrogen) atoms. The van der Waals surface area contributed by atoms with E-state index < -0.39 is 18.4 Å². The first-order chi connectivity index (χ1) is 7.11. The van der Waals surface area contributed by atoms with Crippen LogP contribution in [0.1, 0.15) is 33.6 Å². The van der Waals surface area contributed by atoms with E-state index >= 15 is 0 Å². The number of benzene rings is 1. The van der Waals surface area contributed by atoms with Gasteiger partial charge in [-0.15, -0.1) is 0 Å². The van der Waals surface area contributed by atoms with Gasteiger partial charge in [0.05, 0.1) is 0 Å². The molecule has 1 aromatic carbocycles. The predicted molar refractivity (Wildman–Crippen MR) is 72.5 cm³/mol. The second kappa shape index (κ2) is 5.93. The summed E-state index contributed by atoms with van der Waals surface area (Å²) in [6.07, 6.45) is 2.76. The zero-order valence-electron chi connectivity index (χ0n) is 10.6. The second-order valence-electron chi connectivity index (χ2n) is 5.04. The SMILES string of the molecule is CCC[CH2][Sn]([CH3])([c]1ccccc1)[CH](C)C. The maximum absolute atomic E-state index is 2.62. The van der Waals surface area contributed by atoms with Gasteiger partial charge in [0, 0.05) is 0 Å². The van der Waals surface area contributed by atoms with Crippen molar-refractivity contribution in [2.45, 2.75) is 46.9 Å². The molecule has 0 spiro atoms. The van der Waals surface area contributed by atoms with Gasteiger partial charge in [0.15, 0.2) is 0 Å². The van der Waals surface area contributed by atoms with Crippen molar-refractivity contribution >= 4 is 22.0 Å². The Morgan fingerprint density at radius 1 is 1.13 bits per heavy atom. The summed E-state index contributed by atoms with van der Waals surface area (Å²) in [7, 11) is 0. The summed E-state index contributed by atoms with van der Waals surface area (Å²) in [4.78, 5) is 2.62. The summed E-state index contributed by atoms with van der Waals surface area (Å²) in [5, 5.41) is 0. The van der Waals surface area contributed by atoms with Gasteiger partial charge in [-0.1, -0.05) is 0 Å². The summed E-state index contributed by atoms with van der Waals surface area (Å²) >= 11 is -2.03. The summed E-state index contributed by atoms with van der Waals surface area (Å²) in [5.74, 6) is 0. The van der Waals surface area contributed by atoms with Gasteiger partial charge in [-0.25, -0.2) is 0 Å². The van der Waals surface area contributed by atoms with Crippen LogP contribution in [0.3, 0.4) is 0 Å². The summed E-state index contributed by atoms with van der Waals surface area (Å²) in [6.45, 7) is 7.16. The van der Waals surface area contributed by atoms with E-state index in [1.807, 2.05) is 0 Å². The molecular weight excluding hydrogens is 287 g/mol. The van der Waals surface area contributed by atoms with Crippen LogP contribution < -0.4 is 3.58 Å². The molecule has 0 aromatic heterocycles. The van der Waals surface area contributed by atoms with Gasteiger partial charge in [0.2, 0.25) is 0 Å². The third-order valence-electron chi connectivity index (χ3n) is 3.76. The van der Waals surface area contributed by atoms with Crippen molar-refractivity contribution in [3.05, 3.63) is 30.3 Å². The van der Waals surface area contributed by atoms with Gasteiger partial charge in [-0.2, -0.15) is 0 Å². The van der Waals surface area contributed by atoms with Crippen molar-refractivity contribution in [1.82, 2.24) is 0 Å². The molecule has 1 atom stereocenters. The molecular formula is C14H24Sn. The van der Waals surface area contributed by atoms with Crippen LogP contribution in [-0.2, 0) is 0 Å². The van der Waals surface area contributed by atoms with Gasteiger partial charge in [-0.05, 0) is 0 Å². The Labute approximate surface area is 99.0 Å². The van der Waals surface area contributed by atoms with Gasteiger partial charge in [0.25, 0.3) is 0 Å². The van der Waals surface area contributed by atoms with E-state index in [0.29, 0.717) is 0 Å². The van der Waals surface area contributed by atoms with E-state index in [2.05, 4.69) is 56.0 Å². The molecule has 0 saturated carbocycles. The van der Waals surface area contributed by atoms with Gasteiger partial charge in [0.1, 0.15) is 0 Å². The molecule has 0 fully saturated rings. The number of unbranched alkanes of at least 4 members (excludes halogenated alkanes) is 1. The van der Waals surface area contributed by atoms with Crippen LogP contribution in [0.15, 0.2) is 30.3 Å². The fourth-order valence-electron chi connectivity index (χ4n) is 2.13. The Balaban J connectivity index is 2.91. The Hall–Kier alpha value is 0.0187. The van der Waals surface area contributed by atoms with Crippen molar-refractivity contribution in [2.75, 3.05) is 0 Å². The Morgan fingerprint density at radius 3 is 2.20 bits per heavy atom. The zero-order valence-corrected chi connectivity index (χ0v) is 13.4. The van der Waals surface area contributed by atoms with Crippen LogP contribution in [0.25, 0.3) is 0 Å². The Kier molecular flexibility index (Phi) is 5.17. The number of hydrogen-bond acceptors (Lipinski definition) is 0. The van der Waals surface area contributed by atoms with Gasteiger partial charge < -0.3 is 0 Å². The van der Waals surface area contributed by atoms with E-state index in [1.54, 1.807) is 3.58 Å². The fraction of sp³-hybridized carbons (Fsp3) is 0.571. The van der Waals surface area contributed by atoms with E-state index in [9.17, 15) is 0 Å². The topological polar surface area (TPSA) is 0 Å². The number of rotatable bonds is 5. The number of hydrogen-bond donors (Lipinski definition) is 0. The van der Waals surface area contributed by atoms with Crippen molar-refractivity contribution in [2.24, 2.45) is 0 Å². The van der Waals surface area contributed by atoms with Crippen LogP contribution in [0.5, 0.6) is 0 Å². The average Bonchev–Trinajstić information content (AvgIpc) is 2.27. The molecule has 1 aromatic rings. The summed E-state index contributed by atoms with van der Waals surface area (Å²) < 4.78 is 4.12. The first-order valence-electron chi connectivity index (χ1n) is 6.16. The van der Waals surface area contributed by atoms with E-state index in [-0.39, 0.29) is 0 Å². The first-order valence-corrected chi connectivity index (χ1v) is 14.1. The van der Waals surface area contributed by atoms with Crippen LogP contribution in [0.4, 0.5) is 0 Å². The fourth-order valence-corrected chi connectivity index (χ4v) is 12.3. The standard InChI is InChI=1S/C6H5.C4H9.C3H7.CH3.Sn/c1-2-4-6-5-3-1;1-3-4-2;1-3-2;;/h1-5H;1,3-4H2,2H3;3H,1-2H3;1H3;. The molecule has 0 radical (unpaired) electrons. The molecule has 0 aliphatic carbocycles. The van der Waals surface area contributed by atoms with E-state index in [4.69, 9.17) is 0 Å². The monoisotopic (exact) mass is 312 g/mol. The van der Waals surface area contributed by atoms with Crippen molar-refractivity contribution in [3.63, 3.8) is 0 Å². The average molecular weight is 311 g/mol. The summed E-state index contributed by atoms with van der Waals surface area (Å²) in [5.41, 5.74) is 0. The molecule has 0 bridgehead atoms. The molecule has 1 heteroatoms. The molecule has 1 rings (SSSR count). The van der Waals surface area contributed by atoms with E-state index in [1.165, 1.54) is 17.3 Å². The van der Waals surface area contributed by atoms with Crippen LogP contribution >= 0.6 is 0 Å². The molecule has 0 amide bonds. The Morgan fingerprint density at radius 2 is 1.73 bits per heavy atom. The van der Waals surface area contributed by atoms with Gasteiger partial charge >= 0.3 is 99.2 Å². The molecule has 0 saturated heterocycles. The second-order valence-corrected chi connectivity index (χ2v) is 19.5. The normalized spacial score (nSPS) is 15.3. The van der Waals surface area contributed by atoms with Crippen molar-refractivity contribution in [3.8, 4) is 0 Å². The minimum absolute atomic E-state index is 0.910. The van der Waals surface area contributed by atoms with Crippen LogP contribution in [0, 0.1) is 0 Å². The third kappa shape index (κ3) is 3.24. The van der Waals surface area contributed by atoms with Crippen molar-refractivity contribution in [1.29, 1.82) is 0 Å². The molecule has 0 heterocycles. The van der Waals surface area contributed by atoms with Crippen LogP contribution in [0.2, 0.25) is 13.3 Å². The molecule has 0 aliphatic heterocycles. The van der Waals surface area contributed by atoms with Crippen molar-refractivity contribution < 1.29 is 0 Å². The molecule has 1 unspecified atom stereocenters. The van der Waals surface area contributed by atoms with Crippen LogP contribution in [-0.4, -0.2) is 18.4 Å². The maximum atomic E-state index is 2.62. The molecule has 0 aliphatic rings. The minimum atomic E-state index is -2.03.